The Bertz CT molecular complexity index is 1300. The number of carboxylic acids is 1. The largest absolute Gasteiger partial charge is 0.478 e. The van der Waals surface area contributed by atoms with Gasteiger partial charge in [0.2, 0.25) is 0 Å². The van der Waals surface area contributed by atoms with E-state index in [1.54, 1.807) is 35.1 Å². The number of hydrogen-bond acceptors (Lipinski definition) is 4. The number of nitrogens with one attached hydrogen (secondary N) is 1. The van der Waals surface area contributed by atoms with Gasteiger partial charge in [0, 0.05) is 12.1 Å². The summed E-state index contributed by atoms with van der Waals surface area (Å²) in [4.78, 5) is 23.9. The molecule has 164 valence electrons. The van der Waals surface area contributed by atoms with Crippen molar-refractivity contribution in [1.82, 2.24) is 9.78 Å². The van der Waals surface area contributed by atoms with Gasteiger partial charge < -0.3 is 9.84 Å². The van der Waals surface area contributed by atoms with Crippen molar-refractivity contribution in [3.05, 3.63) is 107 Å². The number of carboxylic acid groups (broad SMARTS) is 1. The third kappa shape index (κ3) is 4.08. The summed E-state index contributed by atoms with van der Waals surface area (Å²) in [5.74, 6) is -1.01. The average Bonchev–Trinajstić information content (AvgIpc) is 3.40. The van der Waals surface area contributed by atoms with Gasteiger partial charge in [-0.2, -0.15) is 5.10 Å². The summed E-state index contributed by atoms with van der Waals surface area (Å²) in [5.41, 5.74) is 5.96. The molecule has 0 saturated carbocycles. The number of benzene rings is 3. The van der Waals surface area contributed by atoms with Crippen LogP contribution in [0.2, 0.25) is 0 Å². The first-order chi connectivity index (χ1) is 16.1. The topological polar surface area (TPSA) is 93.5 Å². The van der Waals surface area contributed by atoms with Gasteiger partial charge in [-0.1, -0.05) is 66.7 Å². The lowest BCUT2D eigenvalue weighted by Gasteiger charge is -2.14. The number of ether oxygens (including phenoxy) is 1. The molecule has 0 fully saturated rings. The van der Waals surface area contributed by atoms with Crippen molar-refractivity contribution >= 4 is 17.7 Å². The molecule has 0 spiro atoms. The third-order valence-corrected chi connectivity index (χ3v) is 5.80. The number of nitrogens with zero attached hydrogens (tertiary/aromatic N) is 2. The van der Waals surface area contributed by atoms with Crippen LogP contribution in [-0.4, -0.2) is 33.6 Å². The van der Waals surface area contributed by atoms with Crippen LogP contribution in [0.1, 0.15) is 33.0 Å². The van der Waals surface area contributed by atoms with Gasteiger partial charge in [0.15, 0.2) is 0 Å². The SMILES string of the molecule is O=C(Nc1cnn(Cc2ccccc2C(=O)O)c1)OCC1c2ccccc2-c2ccccc21. The maximum absolute atomic E-state index is 12.5. The van der Waals surface area contributed by atoms with E-state index in [9.17, 15) is 14.7 Å². The Balaban J connectivity index is 1.23. The normalized spacial score (nSPS) is 12.1. The molecule has 4 aromatic rings. The standard InChI is InChI=1S/C26H21N3O4/c30-25(31)19-8-2-1-7-17(19)14-29-15-18(13-27-29)28-26(32)33-16-24-22-11-5-3-9-20(22)21-10-4-6-12-23(21)24/h1-13,15,24H,14,16H2,(H,28,32)(H,30,31). The Morgan fingerprint density at radius 2 is 1.58 bits per heavy atom. The second kappa shape index (κ2) is 8.63. The Labute approximate surface area is 190 Å². The van der Waals surface area contributed by atoms with Crippen molar-refractivity contribution in [3.63, 3.8) is 0 Å². The Morgan fingerprint density at radius 1 is 0.939 bits per heavy atom. The van der Waals surface area contributed by atoms with E-state index in [1.807, 2.05) is 24.3 Å². The minimum Gasteiger partial charge on any atom is -0.478 e. The molecular weight excluding hydrogens is 418 g/mol. The molecule has 0 bridgehead atoms. The highest BCUT2D eigenvalue weighted by atomic mass is 16.5. The first-order valence-electron chi connectivity index (χ1n) is 10.6. The van der Waals surface area contributed by atoms with Crippen LogP contribution in [0.5, 0.6) is 0 Å². The van der Waals surface area contributed by atoms with Crippen LogP contribution in [0.3, 0.4) is 0 Å². The molecule has 1 heterocycles. The van der Waals surface area contributed by atoms with Crippen molar-refractivity contribution in [2.45, 2.75) is 12.5 Å². The number of carbonyl (C=O) groups excluding carboxylic acids is 1. The van der Waals surface area contributed by atoms with Gasteiger partial charge in [0.25, 0.3) is 0 Å². The first-order valence-corrected chi connectivity index (χ1v) is 10.6. The number of fused-ring (bicyclic) bond motifs is 3. The molecule has 5 rings (SSSR count). The predicted molar refractivity (Wildman–Crippen MR) is 123 cm³/mol. The zero-order valence-electron chi connectivity index (χ0n) is 17.6. The van der Waals surface area contributed by atoms with Crippen LogP contribution in [-0.2, 0) is 11.3 Å². The van der Waals surface area contributed by atoms with Crippen LogP contribution >= 0.6 is 0 Å². The van der Waals surface area contributed by atoms with E-state index in [1.165, 1.54) is 17.3 Å². The summed E-state index contributed by atoms with van der Waals surface area (Å²) in [6.07, 6.45) is 2.58. The highest BCUT2D eigenvalue weighted by molar-refractivity contribution is 5.89. The molecule has 7 nitrogen and oxygen atoms in total. The second-order valence-corrected chi connectivity index (χ2v) is 7.84. The van der Waals surface area contributed by atoms with Crippen LogP contribution < -0.4 is 5.32 Å². The molecular formula is C26H21N3O4. The molecule has 3 aromatic carbocycles. The number of anilines is 1. The van der Waals surface area contributed by atoms with Gasteiger partial charge in [-0.3, -0.25) is 10.00 Å². The van der Waals surface area contributed by atoms with E-state index in [0.29, 0.717) is 11.3 Å². The lowest BCUT2D eigenvalue weighted by Crippen LogP contribution is -2.17. The molecule has 0 radical (unpaired) electrons. The van der Waals surface area contributed by atoms with E-state index < -0.39 is 12.1 Å². The zero-order chi connectivity index (χ0) is 22.8. The highest BCUT2D eigenvalue weighted by Gasteiger charge is 2.29. The number of aromatic nitrogens is 2. The van der Waals surface area contributed by atoms with Crippen molar-refractivity contribution in [3.8, 4) is 11.1 Å². The molecule has 2 N–H and O–H groups in total. The Kier molecular flexibility index (Phi) is 5.36. The van der Waals surface area contributed by atoms with Crippen LogP contribution in [0.15, 0.2) is 85.2 Å². The average molecular weight is 439 g/mol. The maximum Gasteiger partial charge on any atom is 0.411 e. The van der Waals surface area contributed by atoms with E-state index in [-0.39, 0.29) is 24.6 Å². The lowest BCUT2D eigenvalue weighted by atomic mass is 9.98. The predicted octanol–water partition coefficient (Wildman–Crippen LogP) is 4.99. The maximum atomic E-state index is 12.5. The van der Waals surface area contributed by atoms with E-state index in [0.717, 1.165) is 11.1 Å². The molecule has 7 heteroatoms. The summed E-state index contributed by atoms with van der Waals surface area (Å²) < 4.78 is 7.13. The van der Waals surface area contributed by atoms with E-state index in [4.69, 9.17) is 4.74 Å². The lowest BCUT2D eigenvalue weighted by molar-refractivity contribution is 0.0695. The number of amides is 1. The summed E-state index contributed by atoms with van der Waals surface area (Å²) >= 11 is 0. The molecule has 0 saturated heterocycles. The minimum atomic E-state index is -0.991. The molecule has 33 heavy (non-hydrogen) atoms. The number of hydrogen-bond donors (Lipinski definition) is 2. The fourth-order valence-corrected chi connectivity index (χ4v) is 4.31. The van der Waals surface area contributed by atoms with E-state index in [2.05, 4.69) is 34.7 Å². The molecule has 1 aliphatic carbocycles. The van der Waals surface area contributed by atoms with Crippen molar-refractivity contribution in [2.24, 2.45) is 0 Å². The highest BCUT2D eigenvalue weighted by Crippen LogP contribution is 2.44. The monoisotopic (exact) mass is 439 g/mol. The molecule has 1 aliphatic rings. The minimum absolute atomic E-state index is 0.0154. The summed E-state index contributed by atoms with van der Waals surface area (Å²) in [6, 6.07) is 23.1. The van der Waals surface area contributed by atoms with Gasteiger partial charge in [-0.15, -0.1) is 0 Å². The Morgan fingerprint density at radius 3 is 2.27 bits per heavy atom. The molecule has 1 amide bonds. The van der Waals surface area contributed by atoms with Crippen LogP contribution in [0, 0.1) is 0 Å². The third-order valence-electron chi connectivity index (χ3n) is 5.80. The smallest absolute Gasteiger partial charge is 0.411 e. The summed E-state index contributed by atoms with van der Waals surface area (Å²) in [5, 5.41) is 16.2. The van der Waals surface area contributed by atoms with Gasteiger partial charge in [-0.25, -0.2) is 9.59 Å². The van der Waals surface area contributed by atoms with Crippen molar-refractivity contribution < 1.29 is 19.4 Å². The summed E-state index contributed by atoms with van der Waals surface area (Å²) in [7, 11) is 0. The molecule has 0 unspecified atom stereocenters. The number of carbonyl (C=O) groups is 2. The second-order valence-electron chi connectivity index (χ2n) is 7.84. The summed E-state index contributed by atoms with van der Waals surface area (Å²) in [6.45, 7) is 0.495. The van der Waals surface area contributed by atoms with Crippen LogP contribution in [0.4, 0.5) is 10.5 Å². The van der Waals surface area contributed by atoms with E-state index >= 15 is 0 Å². The fraction of sp³-hybridized carbons (Fsp3) is 0.115. The fourth-order valence-electron chi connectivity index (χ4n) is 4.31. The number of aromatic carboxylic acids is 1. The zero-order valence-corrected chi connectivity index (χ0v) is 17.6. The van der Waals surface area contributed by atoms with Gasteiger partial charge >= 0.3 is 12.1 Å². The van der Waals surface area contributed by atoms with Gasteiger partial charge in [-0.05, 0) is 33.9 Å². The van der Waals surface area contributed by atoms with Crippen molar-refractivity contribution in [1.29, 1.82) is 0 Å². The molecule has 0 aliphatic heterocycles. The first kappa shape index (κ1) is 20.5. The van der Waals surface area contributed by atoms with Crippen molar-refractivity contribution in [2.75, 3.05) is 11.9 Å². The number of rotatable bonds is 6. The quantitative estimate of drug-likeness (QED) is 0.441. The molecule has 0 atom stereocenters. The van der Waals surface area contributed by atoms with Crippen LogP contribution in [0.25, 0.3) is 11.1 Å². The van der Waals surface area contributed by atoms with Gasteiger partial charge in [0.05, 0.1) is 24.0 Å². The Hall–Kier alpha value is -4.39. The van der Waals surface area contributed by atoms with Gasteiger partial charge in [0.1, 0.15) is 6.61 Å². The molecule has 1 aromatic heterocycles.